The Kier molecular flexibility index (Phi) is 12.6. The molecule has 2 saturated heterocycles. The normalized spacial score (nSPS) is 20.0. The van der Waals surface area contributed by atoms with Gasteiger partial charge in [-0.3, -0.25) is 19.2 Å². The van der Waals surface area contributed by atoms with Gasteiger partial charge in [-0.15, -0.1) is 0 Å². The van der Waals surface area contributed by atoms with E-state index in [1.54, 1.807) is 0 Å². The van der Waals surface area contributed by atoms with Gasteiger partial charge in [-0.25, -0.2) is 0 Å². The van der Waals surface area contributed by atoms with Crippen molar-refractivity contribution in [1.82, 2.24) is 16.0 Å². The van der Waals surface area contributed by atoms with Crippen molar-refractivity contribution in [3.8, 4) is 0 Å². The Bertz CT molecular complexity index is 733. The average Bonchev–Trinajstić information content (AvgIpc) is 3.48. The molecule has 0 radical (unpaired) electrons. The van der Waals surface area contributed by atoms with Crippen LogP contribution < -0.4 is 21.7 Å². The Morgan fingerprint density at radius 2 is 1.53 bits per heavy atom. The third-order valence-corrected chi connectivity index (χ3v) is 4.76. The van der Waals surface area contributed by atoms with Gasteiger partial charge in [0.15, 0.2) is 0 Å². The lowest BCUT2D eigenvalue weighted by Gasteiger charge is -2.08. The lowest BCUT2D eigenvalue weighted by Crippen LogP contribution is -2.42. The molecule has 11 heteroatoms. The summed E-state index contributed by atoms with van der Waals surface area (Å²) in [5.41, 5.74) is 6.30. The summed E-state index contributed by atoms with van der Waals surface area (Å²) in [5, 5.41) is 33.3. The summed E-state index contributed by atoms with van der Waals surface area (Å²) in [5.74, 6) is -2.90. The molecule has 0 spiro atoms. The fourth-order valence-electron chi connectivity index (χ4n) is 3.04. The van der Waals surface area contributed by atoms with Crippen molar-refractivity contribution in [3.63, 3.8) is 0 Å². The second-order valence-electron chi connectivity index (χ2n) is 7.38. The van der Waals surface area contributed by atoms with Crippen molar-refractivity contribution in [2.75, 3.05) is 19.6 Å². The van der Waals surface area contributed by atoms with Crippen molar-refractivity contribution < 1.29 is 34.5 Å². The molecule has 178 valence electrons. The molecule has 0 bridgehead atoms. The molecule has 8 N–H and O–H groups in total. The van der Waals surface area contributed by atoms with Gasteiger partial charge in [-0.2, -0.15) is 0 Å². The topological polar surface area (TPSA) is 191 Å². The van der Waals surface area contributed by atoms with Crippen molar-refractivity contribution in [1.29, 1.82) is 0 Å². The van der Waals surface area contributed by atoms with Gasteiger partial charge in [0.05, 0.1) is 6.04 Å². The Hall–Kier alpha value is -3.02. The van der Waals surface area contributed by atoms with Gasteiger partial charge in [-0.1, -0.05) is 30.3 Å². The number of carbonyl (C=O) groups is 4. The van der Waals surface area contributed by atoms with Gasteiger partial charge in [-0.05, 0) is 50.8 Å². The molecule has 0 saturated carbocycles. The number of rotatable bonds is 7. The summed E-state index contributed by atoms with van der Waals surface area (Å²) in [4.78, 5) is 41.7. The van der Waals surface area contributed by atoms with Gasteiger partial charge in [0.2, 0.25) is 5.91 Å². The van der Waals surface area contributed by atoms with E-state index < -0.39 is 23.9 Å². The zero-order valence-electron chi connectivity index (χ0n) is 17.8. The minimum absolute atomic E-state index is 0.190. The monoisotopic (exact) mass is 452 g/mol. The van der Waals surface area contributed by atoms with Crippen molar-refractivity contribution >= 4 is 23.8 Å². The van der Waals surface area contributed by atoms with Gasteiger partial charge >= 0.3 is 17.9 Å². The Morgan fingerprint density at radius 1 is 0.969 bits per heavy atom. The number of hydrogen-bond donors (Lipinski definition) is 7. The fourth-order valence-corrected chi connectivity index (χ4v) is 3.04. The van der Waals surface area contributed by atoms with E-state index in [2.05, 4.69) is 16.0 Å². The highest BCUT2D eigenvalue weighted by atomic mass is 16.4. The first-order valence-electron chi connectivity index (χ1n) is 10.4. The smallest absolute Gasteiger partial charge is 0.322 e. The largest absolute Gasteiger partial charge is 0.480 e. The van der Waals surface area contributed by atoms with Crippen LogP contribution in [-0.2, 0) is 25.6 Å². The maximum Gasteiger partial charge on any atom is 0.322 e. The highest BCUT2D eigenvalue weighted by molar-refractivity contribution is 5.85. The van der Waals surface area contributed by atoms with Crippen molar-refractivity contribution in [3.05, 3.63) is 35.9 Å². The van der Waals surface area contributed by atoms with Crippen LogP contribution in [0.1, 0.15) is 31.2 Å². The number of benzene rings is 1. The molecule has 1 amide bonds. The first-order valence-corrected chi connectivity index (χ1v) is 10.4. The van der Waals surface area contributed by atoms with Crippen LogP contribution in [0.25, 0.3) is 0 Å². The van der Waals surface area contributed by atoms with Crippen LogP contribution in [0.4, 0.5) is 0 Å². The molecule has 11 nitrogen and oxygen atoms in total. The second-order valence-corrected chi connectivity index (χ2v) is 7.38. The molecule has 2 aliphatic rings. The molecular weight excluding hydrogens is 420 g/mol. The van der Waals surface area contributed by atoms with Crippen LogP contribution in [0.15, 0.2) is 30.3 Å². The molecule has 0 aliphatic carbocycles. The van der Waals surface area contributed by atoms with Gasteiger partial charge in [0, 0.05) is 0 Å². The average molecular weight is 453 g/mol. The third-order valence-electron chi connectivity index (χ3n) is 4.76. The summed E-state index contributed by atoms with van der Waals surface area (Å²) >= 11 is 0. The number of hydrogen-bond acceptors (Lipinski definition) is 7. The van der Waals surface area contributed by atoms with Crippen LogP contribution >= 0.6 is 0 Å². The zero-order chi connectivity index (χ0) is 23.9. The summed E-state index contributed by atoms with van der Waals surface area (Å²) in [7, 11) is 0. The Balaban J connectivity index is 0.000000245. The van der Waals surface area contributed by atoms with Crippen LogP contribution in [0.5, 0.6) is 0 Å². The second kappa shape index (κ2) is 14.9. The minimum atomic E-state index is -1.01. The van der Waals surface area contributed by atoms with Crippen LogP contribution in [0, 0.1) is 0 Å². The van der Waals surface area contributed by atoms with Crippen LogP contribution in [0.2, 0.25) is 0 Å². The highest BCUT2D eigenvalue weighted by Crippen LogP contribution is 2.04. The molecule has 2 heterocycles. The predicted octanol–water partition coefficient (Wildman–Crippen LogP) is -0.597. The van der Waals surface area contributed by atoms with E-state index in [-0.39, 0.29) is 24.5 Å². The first-order chi connectivity index (χ1) is 15.2. The van der Waals surface area contributed by atoms with Crippen LogP contribution in [-0.4, -0.2) is 76.9 Å². The van der Waals surface area contributed by atoms with Crippen molar-refractivity contribution in [2.24, 2.45) is 5.73 Å². The van der Waals surface area contributed by atoms with Gasteiger partial charge < -0.3 is 37.0 Å². The minimum Gasteiger partial charge on any atom is -0.480 e. The molecule has 32 heavy (non-hydrogen) atoms. The number of carboxylic acid groups (broad SMARTS) is 3. The number of nitrogens with two attached hydrogens (primary N) is 1. The summed E-state index contributed by atoms with van der Waals surface area (Å²) in [6.07, 6.45) is 3.94. The maximum atomic E-state index is 11.1. The van der Waals surface area contributed by atoms with E-state index in [1.807, 2.05) is 30.3 Å². The zero-order valence-corrected chi connectivity index (χ0v) is 17.8. The van der Waals surface area contributed by atoms with Crippen LogP contribution in [0.3, 0.4) is 0 Å². The Labute approximate surface area is 186 Å². The molecule has 0 aromatic heterocycles. The van der Waals surface area contributed by atoms with E-state index in [4.69, 9.17) is 21.1 Å². The maximum absolute atomic E-state index is 11.1. The quantitative estimate of drug-likeness (QED) is 0.281. The summed E-state index contributed by atoms with van der Waals surface area (Å²) < 4.78 is 0. The number of carbonyl (C=O) groups excluding carboxylic acids is 1. The lowest BCUT2D eigenvalue weighted by atomic mass is 10.1. The van der Waals surface area contributed by atoms with E-state index in [9.17, 15) is 19.2 Å². The molecular formula is C21H32N4O7. The molecule has 2 fully saturated rings. The van der Waals surface area contributed by atoms with E-state index in [0.29, 0.717) is 6.42 Å². The molecule has 3 rings (SSSR count). The van der Waals surface area contributed by atoms with E-state index in [0.717, 1.165) is 44.3 Å². The fraction of sp³-hybridized carbons (Fsp3) is 0.524. The Morgan fingerprint density at radius 3 is 1.94 bits per heavy atom. The SMILES string of the molecule is N[C@@H](Cc1ccccc1)C(=O)O.O=C(O)CNC(=O)[C@@H]1CCCN1.O=C(O)[C@@H]1CCCN1. The van der Waals surface area contributed by atoms with Gasteiger partial charge in [0.1, 0.15) is 18.6 Å². The molecule has 1 aromatic carbocycles. The summed E-state index contributed by atoms with van der Waals surface area (Å²) in [6, 6.07) is 8.08. The number of nitrogens with one attached hydrogen (secondary N) is 3. The molecule has 2 aliphatic heterocycles. The predicted molar refractivity (Wildman–Crippen MR) is 116 cm³/mol. The molecule has 0 unspecified atom stereocenters. The molecule has 3 atom stereocenters. The molecule has 1 aromatic rings. The number of aliphatic carboxylic acids is 3. The van der Waals surface area contributed by atoms with E-state index in [1.165, 1.54) is 0 Å². The summed E-state index contributed by atoms with van der Waals surface area (Å²) in [6.45, 7) is 1.40. The first kappa shape index (κ1) is 27.0. The van der Waals surface area contributed by atoms with E-state index >= 15 is 0 Å². The number of carboxylic acids is 3. The van der Waals surface area contributed by atoms with Gasteiger partial charge in [0.25, 0.3) is 0 Å². The lowest BCUT2D eigenvalue weighted by molar-refractivity contribution is -0.139. The standard InChI is InChI=1S/C9H11NO2.C7H12N2O3.C5H9NO2/c10-8(9(11)12)6-7-4-2-1-3-5-7;10-6(11)4-9-7(12)5-2-1-3-8-5;7-5(8)4-2-1-3-6-4/h1-5,8H,6,10H2,(H,11,12);5,8H,1-4H2,(H,9,12)(H,10,11);4,6H,1-3H2,(H,7,8)/t8-;5-;4-/m000/s1. The number of amides is 1. The van der Waals surface area contributed by atoms with Crippen molar-refractivity contribution in [2.45, 2.75) is 50.2 Å². The highest BCUT2D eigenvalue weighted by Gasteiger charge is 2.22. The third kappa shape index (κ3) is 11.4.